The number of halogens is 2. The molecule has 35 heavy (non-hydrogen) atoms. The Morgan fingerprint density at radius 3 is 2.20 bits per heavy atom. The molecule has 4 aromatic rings. The number of aliphatic hydroxyl groups is 1. The molecule has 182 valence electrons. The summed E-state index contributed by atoms with van der Waals surface area (Å²) in [6.07, 6.45) is 0.262. The van der Waals surface area contributed by atoms with Crippen molar-refractivity contribution in [3.8, 4) is 17.3 Å². The third kappa shape index (κ3) is 6.12. The van der Waals surface area contributed by atoms with Crippen LogP contribution in [0.5, 0.6) is 11.6 Å². The Bertz CT molecular complexity index is 1230. The van der Waals surface area contributed by atoms with Crippen molar-refractivity contribution in [3.05, 3.63) is 107 Å². The number of hydrogen-bond donors (Lipinski definition) is 1. The Kier molecular flexibility index (Phi) is 7.90. The zero-order valence-electron chi connectivity index (χ0n) is 19.9. The van der Waals surface area contributed by atoms with Crippen LogP contribution in [0.4, 0.5) is 8.78 Å². The fraction of sp³-hybridized carbons (Fsp3) is 0.250. The minimum Gasteiger partial charge on any atom is -0.439 e. The molecule has 0 amide bonds. The number of aryl methyl sites for hydroxylation is 1. The topological polar surface area (TPSA) is 50.5 Å². The maximum atomic E-state index is 13.6. The van der Waals surface area contributed by atoms with Crippen LogP contribution in [0.3, 0.4) is 0 Å². The van der Waals surface area contributed by atoms with Crippen LogP contribution in [0.1, 0.15) is 36.3 Å². The fourth-order valence-corrected chi connectivity index (χ4v) is 4.00. The van der Waals surface area contributed by atoms with Crippen LogP contribution in [-0.4, -0.2) is 32.9 Å². The number of ether oxygens (including phenoxy) is 1. The monoisotopic (exact) mass is 477 g/mol. The Hall–Kier alpha value is -3.55. The van der Waals surface area contributed by atoms with E-state index in [2.05, 4.69) is 16.9 Å². The van der Waals surface area contributed by atoms with E-state index in [9.17, 15) is 13.9 Å². The van der Waals surface area contributed by atoms with E-state index in [4.69, 9.17) is 4.74 Å². The zero-order valence-corrected chi connectivity index (χ0v) is 19.9. The van der Waals surface area contributed by atoms with Gasteiger partial charge in [-0.25, -0.2) is 13.5 Å². The van der Waals surface area contributed by atoms with Gasteiger partial charge in [0.2, 0.25) is 5.88 Å². The van der Waals surface area contributed by atoms with Crippen LogP contribution in [0.2, 0.25) is 0 Å². The summed E-state index contributed by atoms with van der Waals surface area (Å²) in [5, 5.41) is 15.5. The van der Waals surface area contributed by atoms with Crippen LogP contribution in [0.25, 0.3) is 5.69 Å². The molecular formula is C28H29F2N3O2. The van der Waals surface area contributed by atoms with Gasteiger partial charge in [-0.3, -0.25) is 4.90 Å². The Labute approximate surface area is 204 Å². The number of aliphatic hydroxyl groups excluding tert-OH is 1. The number of rotatable bonds is 10. The highest BCUT2D eigenvalue weighted by molar-refractivity contribution is 5.43. The molecule has 7 heteroatoms. The average molecular weight is 478 g/mol. The highest BCUT2D eigenvalue weighted by atomic mass is 19.1. The van der Waals surface area contributed by atoms with Gasteiger partial charge in [-0.15, -0.1) is 0 Å². The summed E-state index contributed by atoms with van der Waals surface area (Å²) in [5.41, 5.74) is 3.09. The van der Waals surface area contributed by atoms with E-state index in [1.807, 2.05) is 37.3 Å². The number of nitrogens with zero attached hydrogens (tertiary/aromatic N) is 3. The van der Waals surface area contributed by atoms with Gasteiger partial charge in [0, 0.05) is 13.1 Å². The van der Waals surface area contributed by atoms with Gasteiger partial charge in [-0.05, 0) is 74.0 Å². The third-order valence-electron chi connectivity index (χ3n) is 5.77. The minimum atomic E-state index is -0.642. The van der Waals surface area contributed by atoms with Crippen LogP contribution < -0.4 is 4.74 Å². The van der Waals surface area contributed by atoms with E-state index in [0.29, 0.717) is 30.4 Å². The van der Waals surface area contributed by atoms with Crippen molar-refractivity contribution in [2.24, 2.45) is 0 Å². The third-order valence-corrected chi connectivity index (χ3v) is 5.77. The van der Waals surface area contributed by atoms with E-state index in [0.717, 1.165) is 29.8 Å². The second-order valence-corrected chi connectivity index (χ2v) is 8.47. The molecule has 1 aromatic heterocycles. The molecule has 1 unspecified atom stereocenters. The van der Waals surface area contributed by atoms with E-state index in [1.165, 1.54) is 24.3 Å². The SMILES string of the molecule is CCCN(Cc1c(C)nn(-c2ccc(F)cc2)c1Oc1ccc(F)cc1)CC(O)c1ccccc1. The number of aromatic nitrogens is 2. The number of hydrogen-bond acceptors (Lipinski definition) is 4. The Balaban J connectivity index is 1.68. The van der Waals surface area contributed by atoms with Gasteiger partial charge < -0.3 is 9.84 Å². The lowest BCUT2D eigenvalue weighted by atomic mass is 10.1. The quantitative estimate of drug-likeness (QED) is 0.296. The van der Waals surface area contributed by atoms with Crippen molar-refractivity contribution in [2.75, 3.05) is 13.1 Å². The van der Waals surface area contributed by atoms with Crippen LogP contribution in [-0.2, 0) is 6.54 Å². The average Bonchev–Trinajstić information content (AvgIpc) is 3.16. The smallest absolute Gasteiger partial charge is 0.227 e. The summed E-state index contributed by atoms with van der Waals surface area (Å²) < 4.78 is 34.9. The predicted molar refractivity (Wildman–Crippen MR) is 132 cm³/mol. The van der Waals surface area contributed by atoms with Crippen molar-refractivity contribution in [1.82, 2.24) is 14.7 Å². The second-order valence-electron chi connectivity index (χ2n) is 8.47. The predicted octanol–water partition coefficient (Wildman–Crippen LogP) is 6.20. The first-order valence-electron chi connectivity index (χ1n) is 11.7. The highest BCUT2D eigenvalue weighted by Crippen LogP contribution is 2.32. The Morgan fingerprint density at radius 1 is 0.943 bits per heavy atom. The first-order valence-corrected chi connectivity index (χ1v) is 11.7. The molecule has 0 radical (unpaired) electrons. The molecule has 0 saturated carbocycles. The lowest BCUT2D eigenvalue weighted by molar-refractivity contribution is 0.108. The molecule has 0 spiro atoms. The maximum absolute atomic E-state index is 13.6. The van der Waals surface area contributed by atoms with E-state index < -0.39 is 6.10 Å². The first-order chi connectivity index (χ1) is 16.9. The van der Waals surface area contributed by atoms with Gasteiger partial charge in [-0.1, -0.05) is 37.3 Å². The van der Waals surface area contributed by atoms with Crippen molar-refractivity contribution >= 4 is 0 Å². The van der Waals surface area contributed by atoms with Gasteiger partial charge >= 0.3 is 0 Å². The summed E-state index contributed by atoms with van der Waals surface area (Å²) in [4.78, 5) is 2.16. The van der Waals surface area contributed by atoms with E-state index in [-0.39, 0.29) is 11.6 Å². The standard InChI is InChI=1S/C28H29F2N3O2/c1-3-17-32(19-27(34)21-7-5-4-6-8-21)18-26-20(2)31-33(24-13-9-22(29)10-14-24)28(26)35-25-15-11-23(30)12-16-25/h4-16,27,34H,3,17-19H2,1-2H3. The molecule has 1 heterocycles. The maximum Gasteiger partial charge on any atom is 0.227 e. The zero-order chi connectivity index (χ0) is 24.8. The van der Waals surface area contributed by atoms with Crippen molar-refractivity contribution < 1.29 is 18.6 Å². The molecular weight excluding hydrogens is 448 g/mol. The van der Waals surface area contributed by atoms with Crippen LogP contribution >= 0.6 is 0 Å². The summed E-state index contributed by atoms with van der Waals surface area (Å²) in [6.45, 7) is 5.68. The summed E-state index contributed by atoms with van der Waals surface area (Å²) in [6, 6.07) is 21.3. The first kappa shape index (κ1) is 24.6. The lowest BCUT2D eigenvalue weighted by Gasteiger charge is -2.25. The fourth-order valence-electron chi connectivity index (χ4n) is 4.00. The van der Waals surface area contributed by atoms with Crippen molar-refractivity contribution in [1.29, 1.82) is 0 Å². The van der Waals surface area contributed by atoms with Crippen LogP contribution in [0, 0.1) is 18.6 Å². The van der Waals surface area contributed by atoms with E-state index in [1.54, 1.807) is 28.9 Å². The highest BCUT2D eigenvalue weighted by Gasteiger charge is 2.23. The largest absolute Gasteiger partial charge is 0.439 e. The minimum absolute atomic E-state index is 0.345. The normalized spacial score (nSPS) is 12.2. The molecule has 0 aliphatic rings. The molecule has 5 nitrogen and oxygen atoms in total. The van der Waals surface area contributed by atoms with Gasteiger partial charge in [0.1, 0.15) is 17.4 Å². The molecule has 0 aliphatic carbocycles. The summed E-state index contributed by atoms with van der Waals surface area (Å²) >= 11 is 0. The Morgan fingerprint density at radius 2 is 1.57 bits per heavy atom. The molecule has 0 saturated heterocycles. The molecule has 1 atom stereocenters. The van der Waals surface area contributed by atoms with Crippen molar-refractivity contribution in [3.63, 3.8) is 0 Å². The summed E-state index contributed by atoms with van der Waals surface area (Å²) in [7, 11) is 0. The second kappa shape index (κ2) is 11.3. The molecule has 1 N–H and O–H groups in total. The molecule has 0 aliphatic heterocycles. The van der Waals surface area contributed by atoms with Gasteiger partial charge in [0.05, 0.1) is 23.0 Å². The molecule has 3 aromatic carbocycles. The van der Waals surface area contributed by atoms with Crippen LogP contribution in [0.15, 0.2) is 78.9 Å². The number of benzene rings is 3. The molecule has 0 fully saturated rings. The van der Waals surface area contributed by atoms with E-state index >= 15 is 0 Å². The van der Waals surface area contributed by atoms with Gasteiger partial charge in [0.25, 0.3) is 0 Å². The molecule has 0 bridgehead atoms. The van der Waals surface area contributed by atoms with Crippen molar-refractivity contribution in [2.45, 2.75) is 32.9 Å². The lowest BCUT2D eigenvalue weighted by Crippen LogP contribution is -2.29. The van der Waals surface area contributed by atoms with Gasteiger partial charge in [-0.2, -0.15) is 5.10 Å². The molecule has 4 rings (SSSR count). The van der Waals surface area contributed by atoms with Gasteiger partial charge in [0.15, 0.2) is 0 Å². The summed E-state index contributed by atoms with van der Waals surface area (Å²) in [5.74, 6) is 0.228.